The molecular weight excluding hydrogens is 452 g/mol. The van der Waals surface area contributed by atoms with Crippen LogP contribution in [0.3, 0.4) is 0 Å². The monoisotopic (exact) mass is 480 g/mol. The van der Waals surface area contributed by atoms with Gasteiger partial charge in [0, 0.05) is 40.3 Å². The summed E-state index contributed by atoms with van der Waals surface area (Å²) in [6.45, 7) is 7.71. The van der Waals surface area contributed by atoms with Gasteiger partial charge in [0.2, 0.25) is 0 Å². The Morgan fingerprint density at radius 1 is 1.21 bits per heavy atom. The van der Waals surface area contributed by atoms with Gasteiger partial charge in [-0.25, -0.2) is 15.0 Å². The van der Waals surface area contributed by atoms with Gasteiger partial charge in [-0.2, -0.15) is 5.26 Å². The van der Waals surface area contributed by atoms with Crippen LogP contribution in [-0.2, 0) is 18.5 Å². The minimum Gasteiger partial charge on any atom is -0.360 e. The number of ether oxygens (including phenoxy) is 1. The van der Waals surface area contributed by atoms with Crippen LogP contribution in [0.4, 0.5) is 11.6 Å². The standard InChI is InChI=1S/C22H28N8O3Si/c1-29-22(32)17(14-30(29)15-33-11-12-34(2,3)4)20-24-9-7-19(28-20)27-18-6-5-16(13-26-18)21(31)25-10-8-23/h5-7,9,13-14H,10-12,15H2,1-4H3,(H,25,31)(H,24,26,27,28). The van der Waals surface area contributed by atoms with E-state index in [0.717, 1.165) is 6.04 Å². The van der Waals surface area contributed by atoms with E-state index in [-0.39, 0.29) is 30.6 Å². The first-order chi connectivity index (χ1) is 16.2. The highest BCUT2D eigenvalue weighted by Gasteiger charge is 2.15. The van der Waals surface area contributed by atoms with Crippen LogP contribution in [0.5, 0.6) is 0 Å². The second-order valence-electron chi connectivity index (χ2n) is 8.82. The second-order valence-corrected chi connectivity index (χ2v) is 14.4. The van der Waals surface area contributed by atoms with Crippen molar-refractivity contribution in [1.82, 2.24) is 29.6 Å². The molecule has 3 heterocycles. The Morgan fingerprint density at radius 2 is 2.00 bits per heavy atom. The molecule has 3 aromatic rings. The summed E-state index contributed by atoms with van der Waals surface area (Å²) in [4.78, 5) is 37.5. The average molecular weight is 481 g/mol. The van der Waals surface area contributed by atoms with Crippen LogP contribution in [-0.4, -0.2) is 51.4 Å². The van der Waals surface area contributed by atoms with Gasteiger partial charge in [0.15, 0.2) is 5.82 Å². The molecule has 12 heteroatoms. The molecule has 11 nitrogen and oxygen atoms in total. The number of hydrogen-bond acceptors (Lipinski definition) is 8. The maximum Gasteiger partial charge on any atom is 0.277 e. The topological polar surface area (TPSA) is 140 Å². The van der Waals surface area contributed by atoms with Gasteiger partial charge in [-0.1, -0.05) is 19.6 Å². The quantitative estimate of drug-likeness (QED) is 0.256. The van der Waals surface area contributed by atoms with E-state index in [1.807, 2.05) is 6.07 Å². The lowest BCUT2D eigenvalue weighted by Crippen LogP contribution is -2.24. The molecule has 0 atom stereocenters. The van der Waals surface area contributed by atoms with E-state index in [1.165, 1.54) is 10.9 Å². The molecule has 178 valence electrons. The molecule has 3 rings (SSSR count). The summed E-state index contributed by atoms with van der Waals surface area (Å²) in [7, 11) is 0.488. The van der Waals surface area contributed by atoms with Crippen LogP contribution in [0.25, 0.3) is 11.4 Å². The smallest absolute Gasteiger partial charge is 0.277 e. The minimum absolute atomic E-state index is 0.0751. The number of amides is 1. The summed E-state index contributed by atoms with van der Waals surface area (Å²) in [6, 6.07) is 7.75. The third-order valence-corrected chi connectivity index (χ3v) is 6.62. The summed E-state index contributed by atoms with van der Waals surface area (Å²) in [6.07, 6.45) is 4.63. The molecule has 0 saturated carbocycles. The number of carbonyl (C=O) groups is 1. The van der Waals surface area contributed by atoms with E-state index in [9.17, 15) is 9.59 Å². The lowest BCUT2D eigenvalue weighted by atomic mass is 10.2. The lowest BCUT2D eigenvalue weighted by Gasteiger charge is -2.16. The Labute approximate surface area is 198 Å². The van der Waals surface area contributed by atoms with Crippen molar-refractivity contribution in [3.05, 3.63) is 52.7 Å². The fourth-order valence-electron chi connectivity index (χ4n) is 2.91. The molecule has 0 aromatic carbocycles. The van der Waals surface area contributed by atoms with Crippen LogP contribution in [0.15, 0.2) is 41.6 Å². The normalized spacial score (nSPS) is 11.1. The molecule has 0 spiro atoms. The van der Waals surface area contributed by atoms with Gasteiger partial charge in [-0.3, -0.25) is 19.0 Å². The largest absolute Gasteiger partial charge is 0.360 e. The highest BCUT2D eigenvalue weighted by molar-refractivity contribution is 6.76. The number of hydrogen-bond donors (Lipinski definition) is 2. The molecule has 0 aliphatic heterocycles. The second kappa shape index (κ2) is 10.9. The molecule has 0 saturated heterocycles. The molecule has 0 unspecified atom stereocenters. The first-order valence-corrected chi connectivity index (χ1v) is 14.4. The van der Waals surface area contributed by atoms with E-state index >= 15 is 0 Å². The molecule has 2 N–H and O–H groups in total. The van der Waals surface area contributed by atoms with Crippen molar-refractivity contribution >= 4 is 25.6 Å². The van der Waals surface area contributed by atoms with Crippen molar-refractivity contribution in [2.45, 2.75) is 32.4 Å². The van der Waals surface area contributed by atoms with Crippen molar-refractivity contribution in [3.63, 3.8) is 0 Å². The predicted octanol–water partition coefficient (Wildman–Crippen LogP) is 2.35. The van der Waals surface area contributed by atoms with Crippen LogP contribution in [0.2, 0.25) is 25.7 Å². The predicted molar refractivity (Wildman–Crippen MR) is 130 cm³/mol. The molecule has 0 fully saturated rings. The van der Waals surface area contributed by atoms with Crippen molar-refractivity contribution in [1.29, 1.82) is 5.26 Å². The van der Waals surface area contributed by atoms with E-state index in [4.69, 9.17) is 10.00 Å². The first-order valence-electron chi connectivity index (χ1n) is 10.7. The van der Waals surface area contributed by atoms with Crippen molar-refractivity contribution in [2.24, 2.45) is 7.05 Å². The Balaban J connectivity index is 1.70. The number of pyridine rings is 1. The highest BCUT2D eigenvalue weighted by Crippen LogP contribution is 2.17. The summed E-state index contributed by atoms with van der Waals surface area (Å²) >= 11 is 0. The molecule has 0 aliphatic carbocycles. The van der Waals surface area contributed by atoms with E-state index in [2.05, 4.69) is 45.2 Å². The maximum absolute atomic E-state index is 12.8. The molecule has 34 heavy (non-hydrogen) atoms. The number of aromatic nitrogens is 5. The van der Waals surface area contributed by atoms with Gasteiger partial charge in [-0.15, -0.1) is 0 Å². The van der Waals surface area contributed by atoms with Crippen LogP contribution < -0.4 is 16.2 Å². The van der Waals surface area contributed by atoms with Crippen molar-refractivity contribution < 1.29 is 9.53 Å². The van der Waals surface area contributed by atoms with Gasteiger partial charge in [0.05, 0.1) is 11.6 Å². The van der Waals surface area contributed by atoms with Gasteiger partial charge in [0.1, 0.15) is 30.5 Å². The molecule has 3 aromatic heterocycles. The fraction of sp³-hybridized carbons (Fsp3) is 0.364. The molecule has 1 amide bonds. The van der Waals surface area contributed by atoms with E-state index in [1.54, 1.807) is 42.3 Å². The number of nitrogens with one attached hydrogen (secondary N) is 2. The third-order valence-electron chi connectivity index (χ3n) is 4.91. The zero-order valence-electron chi connectivity index (χ0n) is 19.7. The summed E-state index contributed by atoms with van der Waals surface area (Å²) < 4.78 is 8.94. The lowest BCUT2D eigenvalue weighted by molar-refractivity contribution is 0.0703. The SMILES string of the molecule is Cn1c(=O)c(-c2nccc(Nc3ccc(C(=O)NCC#N)cn3)n2)cn1COCC[Si](C)(C)C. The van der Waals surface area contributed by atoms with Gasteiger partial charge >= 0.3 is 0 Å². The zero-order chi connectivity index (χ0) is 24.7. The van der Waals surface area contributed by atoms with Crippen LogP contribution >= 0.6 is 0 Å². The number of rotatable bonds is 10. The van der Waals surface area contributed by atoms with Crippen molar-refractivity contribution in [2.75, 3.05) is 18.5 Å². The van der Waals surface area contributed by atoms with E-state index in [0.29, 0.717) is 29.4 Å². The Morgan fingerprint density at radius 3 is 2.68 bits per heavy atom. The Hall–Kier alpha value is -3.82. The number of nitriles is 1. The van der Waals surface area contributed by atoms with Gasteiger partial charge < -0.3 is 15.4 Å². The molecule has 0 aliphatic rings. The third kappa shape index (κ3) is 6.59. The molecule has 0 bridgehead atoms. The number of anilines is 2. The number of nitrogens with zero attached hydrogens (tertiary/aromatic N) is 6. The highest BCUT2D eigenvalue weighted by atomic mass is 28.3. The summed E-state index contributed by atoms with van der Waals surface area (Å²) in [5.74, 6) is 0.803. The zero-order valence-corrected chi connectivity index (χ0v) is 20.7. The summed E-state index contributed by atoms with van der Waals surface area (Å²) in [5.41, 5.74) is 0.468. The molecule has 0 radical (unpaired) electrons. The van der Waals surface area contributed by atoms with Gasteiger partial charge in [-0.05, 0) is 24.2 Å². The fourth-order valence-corrected chi connectivity index (χ4v) is 3.67. The first kappa shape index (κ1) is 24.8. The van der Waals surface area contributed by atoms with E-state index < -0.39 is 8.07 Å². The average Bonchev–Trinajstić information content (AvgIpc) is 3.09. The summed E-state index contributed by atoms with van der Waals surface area (Å²) in [5, 5.41) is 14.0. The maximum atomic E-state index is 12.8. The number of carbonyl (C=O) groups excluding carboxylic acids is 1. The van der Waals surface area contributed by atoms with Crippen LogP contribution in [0.1, 0.15) is 10.4 Å². The van der Waals surface area contributed by atoms with Crippen molar-refractivity contribution in [3.8, 4) is 17.5 Å². The van der Waals surface area contributed by atoms with Crippen LogP contribution in [0, 0.1) is 11.3 Å². The Kier molecular flexibility index (Phi) is 7.93. The molecular formula is C22H28N8O3Si. The van der Waals surface area contributed by atoms with Gasteiger partial charge in [0.25, 0.3) is 11.5 Å². The Bertz CT molecular complexity index is 1240. The minimum atomic E-state index is -1.19.